The van der Waals surface area contributed by atoms with Crippen molar-refractivity contribution in [2.75, 3.05) is 65.3 Å². The van der Waals surface area contributed by atoms with Crippen molar-refractivity contribution in [3.8, 4) is 0 Å². The molecule has 0 saturated heterocycles. The molecule has 0 fully saturated rings. The number of aromatic nitrogens is 8. The molecule has 4 aromatic rings. The number of hydrogen-bond acceptors (Lipinski definition) is 18. The van der Waals surface area contributed by atoms with E-state index in [9.17, 15) is 19.3 Å². The van der Waals surface area contributed by atoms with Crippen molar-refractivity contribution in [2.45, 2.75) is 24.7 Å². The Balaban J connectivity index is 0.000000260. The molecule has 10 N–H and O–H groups in total. The van der Waals surface area contributed by atoms with E-state index in [1.54, 1.807) is 0 Å². The van der Waals surface area contributed by atoms with Crippen LogP contribution in [-0.2, 0) is 37.1 Å². The van der Waals surface area contributed by atoms with Gasteiger partial charge in [0.05, 0.1) is 52.3 Å². The summed E-state index contributed by atoms with van der Waals surface area (Å²) in [5.74, 6) is 0.349. The summed E-state index contributed by atoms with van der Waals surface area (Å²) in [7, 11) is -6.53. The Bertz CT molecular complexity index is 1560. The molecule has 0 saturated carbocycles. The lowest BCUT2D eigenvalue weighted by molar-refractivity contribution is -0.114. The maximum Gasteiger partial charge on any atom is 0.469 e. The van der Waals surface area contributed by atoms with E-state index in [1.165, 1.54) is 48.7 Å². The maximum atomic E-state index is 10.8. The minimum absolute atomic E-state index is 0.0136. The van der Waals surface area contributed by atoms with Crippen molar-refractivity contribution in [3.63, 3.8) is 0 Å². The Morgan fingerprint density at radius 2 is 1.04 bits per heavy atom. The van der Waals surface area contributed by atoms with Gasteiger partial charge in [-0.25, -0.2) is 39.0 Å². The molecule has 4 aromatic heterocycles. The van der Waals surface area contributed by atoms with Crippen molar-refractivity contribution in [3.05, 3.63) is 25.3 Å². The standard InChI is InChI=1S/2C11H18N5O7P/c2*1-21-3-7(4-22-24(18,19)20)23-8(2-17)16-6-15-9-10(12)13-5-14-11(9)16/h2*5-8,17H,2-4H2,1H3,(H2,12,13,14)(H2,18,19,20)/t7?,8-;7-,8+/m00/s1. The van der Waals surface area contributed by atoms with Gasteiger partial charge in [0.15, 0.2) is 35.4 Å². The molecule has 1 unspecified atom stereocenters. The predicted molar refractivity (Wildman–Crippen MR) is 161 cm³/mol. The van der Waals surface area contributed by atoms with Gasteiger partial charge >= 0.3 is 15.6 Å². The number of hydrogen-bond donors (Lipinski definition) is 8. The lowest BCUT2D eigenvalue weighted by Crippen LogP contribution is -2.30. The number of aliphatic hydroxyl groups excluding tert-OH is 2. The predicted octanol–water partition coefficient (Wildman–Crippen LogP) is -1.92. The molecule has 0 spiro atoms. The number of rotatable bonds is 18. The van der Waals surface area contributed by atoms with Gasteiger partial charge < -0.3 is 60.2 Å². The highest BCUT2D eigenvalue weighted by atomic mass is 31.2. The molecule has 0 aromatic carbocycles. The fraction of sp³-hybridized carbons (Fsp3) is 0.545. The highest BCUT2D eigenvalue weighted by Crippen LogP contribution is 2.37. The second kappa shape index (κ2) is 17.9. The van der Waals surface area contributed by atoms with Gasteiger partial charge in [-0.3, -0.25) is 18.2 Å². The summed E-state index contributed by atoms with van der Waals surface area (Å²) in [5.41, 5.74) is 12.8. The van der Waals surface area contributed by atoms with Gasteiger partial charge in [-0.05, 0) is 0 Å². The molecule has 0 aliphatic rings. The summed E-state index contributed by atoms with van der Waals surface area (Å²) in [5, 5.41) is 19.2. The van der Waals surface area contributed by atoms with Crippen LogP contribution in [-0.4, -0.2) is 135 Å². The molecule has 0 radical (unpaired) electrons. The van der Waals surface area contributed by atoms with Crippen LogP contribution in [0.3, 0.4) is 0 Å². The third-order valence-electron chi connectivity index (χ3n) is 5.97. The van der Waals surface area contributed by atoms with E-state index >= 15 is 0 Å². The molecule has 4 rings (SSSR count). The Labute approximate surface area is 271 Å². The zero-order valence-electron chi connectivity index (χ0n) is 25.4. The number of methoxy groups -OCH3 is 2. The number of phosphoric acid groups is 2. The second-order valence-corrected chi connectivity index (χ2v) is 11.9. The molecule has 268 valence electrons. The maximum absolute atomic E-state index is 10.8. The number of ether oxygens (including phenoxy) is 4. The SMILES string of the molecule is COCC(COP(=O)(O)O)O[C@@H](CO)n1cnc2c(N)ncnc21.COC[C@@H](COP(=O)(O)O)O[C@H](CO)n1cnc2c(N)ncnc21. The van der Waals surface area contributed by atoms with Crippen molar-refractivity contribution in [2.24, 2.45) is 0 Å². The zero-order valence-corrected chi connectivity index (χ0v) is 27.2. The summed E-state index contributed by atoms with van der Waals surface area (Å²) in [6.07, 6.45) is 1.64. The average Bonchev–Trinajstić information content (AvgIpc) is 3.66. The third kappa shape index (κ3) is 11.4. The van der Waals surface area contributed by atoms with Crippen LogP contribution >= 0.6 is 15.6 Å². The van der Waals surface area contributed by atoms with E-state index in [0.717, 1.165) is 0 Å². The normalized spacial score (nSPS) is 14.8. The van der Waals surface area contributed by atoms with Crippen LogP contribution in [0.15, 0.2) is 25.3 Å². The minimum Gasteiger partial charge on any atom is -0.392 e. The van der Waals surface area contributed by atoms with E-state index < -0.39 is 66.7 Å². The van der Waals surface area contributed by atoms with Gasteiger partial charge in [0.2, 0.25) is 0 Å². The number of nitrogens with two attached hydrogens (primary N) is 2. The van der Waals surface area contributed by atoms with Crippen LogP contribution in [0.2, 0.25) is 0 Å². The van der Waals surface area contributed by atoms with Crippen LogP contribution < -0.4 is 11.5 Å². The molecule has 4 heterocycles. The first-order valence-electron chi connectivity index (χ1n) is 13.5. The van der Waals surface area contributed by atoms with Crippen LogP contribution in [0.5, 0.6) is 0 Å². The third-order valence-corrected chi connectivity index (χ3v) is 6.94. The van der Waals surface area contributed by atoms with Gasteiger partial charge in [-0.1, -0.05) is 0 Å². The largest absolute Gasteiger partial charge is 0.469 e. The van der Waals surface area contributed by atoms with E-state index in [4.69, 9.17) is 50.0 Å². The number of nitrogens with zero attached hydrogens (tertiary/aromatic N) is 8. The smallest absolute Gasteiger partial charge is 0.392 e. The highest BCUT2D eigenvalue weighted by molar-refractivity contribution is 7.46. The molecular weight excluding hydrogens is 690 g/mol. The molecule has 0 amide bonds. The Kier molecular flexibility index (Phi) is 14.6. The molecule has 48 heavy (non-hydrogen) atoms. The molecule has 0 bridgehead atoms. The summed E-state index contributed by atoms with van der Waals surface area (Å²) in [6, 6.07) is 0. The first-order valence-corrected chi connectivity index (χ1v) is 16.5. The monoisotopic (exact) mass is 726 g/mol. The fourth-order valence-electron chi connectivity index (χ4n) is 3.98. The summed E-state index contributed by atoms with van der Waals surface area (Å²) >= 11 is 0. The van der Waals surface area contributed by atoms with Crippen molar-refractivity contribution in [1.29, 1.82) is 0 Å². The lowest BCUT2D eigenvalue weighted by Gasteiger charge is -2.24. The highest BCUT2D eigenvalue weighted by Gasteiger charge is 2.26. The Morgan fingerprint density at radius 1 is 0.667 bits per heavy atom. The van der Waals surface area contributed by atoms with Crippen LogP contribution in [0.4, 0.5) is 11.6 Å². The minimum atomic E-state index is -4.66. The average molecular weight is 727 g/mol. The molecular formula is C22H36N10O14P2. The Morgan fingerprint density at radius 3 is 1.35 bits per heavy atom. The van der Waals surface area contributed by atoms with E-state index in [-0.39, 0.29) is 24.8 Å². The number of anilines is 2. The van der Waals surface area contributed by atoms with Crippen molar-refractivity contribution < 1.29 is 66.9 Å². The summed E-state index contributed by atoms with van der Waals surface area (Å²) in [4.78, 5) is 58.9. The molecule has 4 atom stereocenters. The Hall–Kier alpha value is -3.32. The number of aliphatic hydroxyl groups is 2. The zero-order chi connectivity index (χ0) is 35.5. The first kappa shape index (κ1) is 39.1. The fourth-order valence-corrected chi connectivity index (χ4v) is 4.71. The molecule has 0 aliphatic heterocycles. The van der Waals surface area contributed by atoms with Crippen molar-refractivity contribution >= 4 is 49.6 Å². The van der Waals surface area contributed by atoms with E-state index in [0.29, 0.717) is 22.3 Å². The van der Waals surface area contributed by atoms with Crippen LogP contribution in [0, 0.1) is 0 Å². The topological polar surface area (TPSA) is 350 Å². The molecule has 26 heteroatoms. The number of imidazole rings is 2. The second-order valence-electron chi connectivity index (χ2n) is 9.44. The van der Waals surface area contributed by atoms with Gasteiger partial charge in [0, 0.05) is 14.2 Å². The van der Waals surface area contributed by atoms with E-state index in [1.807, 2.05) is 0 Å². The quantitative estimate of drug-likeness (QED) is 0.0518. The van der Waals surface area contributed by atoms with Gasteiger partial charge in [-0.15, -0.1) is 0 Å². The van der Waals surface area contributed by atoms with Gasteiger partial charge in [-0.2, -0.15) is 0 Å². The van der Waals surface area contributed by atoms with Gasteiger partial charge in [0.1, 0.15) is 35.9 Å². The number of fused-ring (bicyclic) bond motifs is 2. The van der Waals surface area contributed by atoms with Gasteiger partial charge in [0.25, 0.3) is 0 Å². The van der Waals surface area contributed by atoms with Crippen LogP contribution in [0.25, 0.3) is 22.3 Å². The van der Waals surface area contributed by atoms with Crippen LogP contribution in [0.1, 0.15) is 12.5 Å². The van der Waals surface area contributed by atoms with Crippen molar-refractivity contribution in [1.82, 2.24) is 39.0 Å². The summed E-state index contributed by atoms with van der Waals surface area (Å²) < 4.78 is 54.4. The number of phosphoric ester groups is 2. The first-order chi connectivity index (χ1) is 22.7. The molecule has 0 aliphatic carbocycles. The number of nitrogen functional groups attached to an aromatic ring is 2. The lowest BCUT2D eigenvalue weighted by atomic mass is 10.4. The van der Waals surface area contributed by atoms with E-state index in [2.05, 4.69) is 39.0 Å². The summed E-state index contributed by atoms with van der Waals surface area (Å²) in [6.45, 7) is -1.80. The molecule has 24 nitrogen and oxygen atoms in total.